The van der Waals surface area contributed by atoms with Gasteiger partial charge in [-0.3, -0.25) is 4.79 Å². The lowest BCUT2D eigenvalue weighted by atomic mass is 9.98. The van der Waals surface area contributed by atoms with E-state index in [1.807, 2.05) is 62.4 Å². The van der Waals surface area contributed by atoms with E-state index in [2.05, 4.69) is 10.6 Å². The van der Waals surface area contributed by atoms with Crippen molar-refractivity contribution in [2.24, 2.45) is 5.92 Å². The van der Waals surface area contributed by atoms with Gasteiger partial charge in [-0.15, -0.1) is 0 Å². The molecule has 2 atom stereocenters. The molecule has 0 unspecified atom stereocenters. The number of fused-ring (bicyclic) bond motifs is 3. The second-order valence-electron chi connectivity index (χ2n) is 9.92. The Bertz CT molecular complexity index is 1260. The summed E-state index contributed by atoms with van der Waals surface area (Å²) in [5, 5.41) is 24.3. The number of carboxylic acid groups (broad SMARTS) is 1. The molecule has 38 heavy (non-hydrogen) atoms. The van der Waals surface area contributed by atoms with Crippen molar-refractivity contribution in [2.45, 2.75) is 44.7 Å². The molecule has 4 N–H and O–H groups in total. The Morgan fingerprint density at radius 1 is 0.842 bits per heavy atom. The van der Waals surface area contributed by atoms with Crippen LogP contribution in [0.15, 0.2) is 72.8 Å². The van der Waals surface area contributed by atoms with Gasteiger partial charge >= 0.3 is 12.1 Å². The Kier molecular flexibility index (Phi) is 8.31. The van der Waals surface area contributed by atoms with Crippen molar-refractivity contribution in [3.05, 3.63) is 89.5 Å². The number of aliphatic carboxylic acids is 1. The summed E-state index contributed by atoms with van der Waals surface area (Å²) in [5.74, 6) is -1.80. The fourth-order valence-corrected chi connectivity index (χ4v) is 4.83. The summed E-state index contributed by atoms with van der Waals surface area (Å²) >= 11 is 0. The molecule has 0 saturated heterocycles. The van der Waals surface area contributed by atoms with Crippen molar-refractivity contribution in [3.63, 3.8) is 0 Å². The zero-order valence-corrected chi connectivity index (χ0v) is 21.4. The van der Waals surface area contributed by atoms with Crippen molar-refractivity contribution < 1.29 is 29.3 Å². The van der Waals surface area contributed by atoms with Crippen LogP contribution in [0.1, 0.15) is 42.9 Å². The number of carboxylic acids is 1. The van der Waals surface area contributed by atoms with Crippen molar-refractivity contribution in [1.82, 2.24) is 10.6 Å². The third kappa shape index (κ3) is 6.32. The highest BCUT2D eigenvalue weighted by Gasteiger charge is 2.31. The second kappa shape index (κ2) is 11.8. The molecule has 8 heteroatoms. The molecule has 0 radical (unpaired) electrons. The summed E-state index contributed by atoms with van der Waals surface area (Å²) in [6.07, 6.45) is -0.402. The summed E-state index contributed by atoms with van der Waals surface area (Å²) in [6.45, 7) is 3.92. The van der Waals surface area contributed by atoms with E-state index in [1.165, 1.54) is 12.1 Å². The first kappa shape index (κ1) is 26.7. The van der Waals surface area contributed by atoms with E-state index in [4.69, 9.17) is 4.74 Å². The SMILES string of the molecule is CC(C)C[C@H](NC(=O)OCC1c2ccccc2-c2ccccc21)C(=O)N[C@H](Cc1ccc(O)cc1)C(=O)O. The standard InChI is InChI=1S/C30H32N2O6/c1-18(2)15-26(28(34)31-27(29(35)36)16-19-11-13-20(33)14-12-19)32-30(37)38-17-25-23-9-5-3-7-21(23)22-8-4-6-10-24(22)25/h3-14,18,25-27,33H,15-17H2,1-2H3,(H,31,34)(H,32,37)(H,35,36)/t26-,27+/m0/s1. The molecular formula is C30H32N2O6. The van der Waals surface area contributed by atoms with Crippen LogP contribution in [-0.4, -0.2) is 46.9 Å². The lowest BCUT2D eigenvalue weighted by Crippen LogP contribution is -2.52. The molecular weight excluding hydrogens is 484 g/mol. The number of aromatic hydroxyl groups is 1. The minimum atomic E-state index is -1.20. The Morgan fingerprint density at radius 3 is 1.97 bits per heavy atom. The Morgan fingerprint density at radius 2 is 1.42 bits per heavy atom. The molecule has 1 aliphatic rings. The highest BCUT2D eigenvalue weighted by Crippen LogP contribution is 2.44. The lowest BCUT2D eigenvalue weighted by Gasteiger charge is -2.23. The van der Waals surface area contributed by atoms with Gasteiger partial charge in [0.05, 0.1) is 0 Å². The molecule has 0 aromatic heterocycles. The van der Waals surface area contributed by atoms with Crippen LogP contribution in [0.5, 0.6) is 5.75 Å². The van der Waals surface area contributed by atoms with Crippen LogP contribution in [-0.2, 0) is 20.7 Å². The van der Waals surface area contributed by atoms with Gasteiger partial charge in [-0.05, 0) is 52.3 Å². The van der Waals surface area contributed by atoms with Gasteiger partial charge in [-0.1, -0.05) is 74.5 Å². The van der Waals surface area contributed by atoms with Crippen LogP contribution >= 0.6 is 0 Å². The van der Waals surface area contributed by atoms with Gasteiger partial charge in [0, 0.05) is 12.3 Å². The van der Waals surface area contributed by atoms with E-state index in [0.717, 1.165) is 22.3 Å². The molecule has 8 nitrogen and oxygen atoms in total. The zero-order chi connectivity index (χ0) is 27.2. The van der Waals surface area contributed by atoms with Gasteiger partial charge < -0.3 is 25.6 Å². The maximum atomic E-state index is 13.1. The summed E-state index contributed by atoms with van der Waals surface area (Å²) in [5.41, 5.74) is 5.03. The first-order valence-electron chi connectivity index (χ1n) is 12.7. The van der Waals surface area contributed by atoms with Gasteiger partial charge in [0.15, 0.2) is 0 Å². The highest BCUT2D eigenvalue weighted by molar-refractivity contribution is 5.89. The number of amides is 2. The predicted molar refractivity (Wildman–Crippen MR) is 143 cm³/mol. The average Bonchev–Trinajstić information content (AvgIpc) is 3.21. The molecule has 2 amide bonds. The molecule has 0 aliphatic heterocycles. The van der Waals surface area contributed by atoms with E-state index in [1.54, 1.807) is 12.1 Å². The Balaban J connectivity index is 1.41. The summed E-state index contributed by atoms with van der Waals surface area (Å²) in [4.78, 5) is 37.7. The molecule has 3 aromatic rings. The van der Waals surface area contributed by atoms with E-state index in [-0.39, 0.29) is 30.6 Å². The topological polar surface area (TPSA) is 125 Å². The second-order valence-corrected chi connectivity index (χ2v) is 9.92. The molecule has 1 aliphatic carbocycles. The van der Waals surface area contributed by atoms with Crippen molar-refractivity contribution in [2.75, 3.05) is 6.61 Å². The van der Waals surface area contributed by atoms with Gasteiger partial charge in [0.2, 0.25) is 5.91 Å². The van der Waals surface area contributed by atoms with Crippen LogP contribution in [0.4, 0.5) is 4.79 Å². The lowest BCUT2D eigenvalue weighted by molar-refractivity contribution is -0.142. The largest absolute Gasteiger partial charge is 0.508 e. The number of benzene rings is 3. The third-order valence-electron chi connectivity index (χ3n) is 6.65. The van der Waals surface area contributed by atoms with Crippen molar-refractivity contribution >= 4 is 18.0 Å². The number of carbonyl (C=O) groups is 3. The van der Waals surface area contributed by atoms with Crippen LogP contribution in [0.2, 0.25) is 0 Å². The van der Waals surface area contributed by atoms with Crippen molar-refractivity contribution in [1.29, 1.82) is 0 Å². The van der Waals surface area contributed by atoms with Gasteiger partial charge in [0.1, 0.15) is 24.4 Å². The molecule has 0 bridgehead atoms. The molecule has 3 aromatic carbocycles. The van der Waals surface area contributed by atoms with E-state index < -0.39 is 30.1 Å². The third-order valence-corrected chi connectivity index (χ3v) is 6.65. The minimum absolute atomic E-state index is 0.0285. The number of phenols is 1. The monoisotopic (exact) mass is 516 g/mol. The van der Waals surface area contributed by atoms with Crippen LogP contribution in [0.3, 0.4) is 0 Å². The first-order chi connectivity index (χ1) is 18.2. The number of nitrogens with one attached hydrogen (secondary N) is 2. The number of alkyl carbamates (subject to hydrolysis) is 1. The number of phenolic OH excluding ortho intramolecular Hbond substituents is 1. The normalized spacial score (nSPS) is 13.8. The predicted octanol–water partition coefficient (Wildman–Crippen LogP) is 4.46. The summed E-state index contributed by atoms with van der Waals surface area (Å²) in [7, 11) is 0. The van der Waals surface area contributed by atoms with Crippen molar-refractivity contribution in [3.8, 4) is 16.9 Å². The van der Waals surface area contributed by atoms with Gasteiger partial charge in [0.25, 0.3) is 0 Å². The fourth-order valence-electron chi connectivity index (χ4n) is 4.83. The maximum Gasteiger partial charge on any atom is 0.407 e. The molecule has 198 valence electrons. The smallest absolute Gasteiger partial charge is 0.407 e. The molecule has 0 saturated carbocycles. The number of hydrogen-bond donors (Lipinski definition) is 4. The summed E-state index contributed by atoms with van der Waals surface area (Å²) < 4.78 is 5.59. The first-order valence-corrected chi connectivity index (χ1v) is 12.7. The van der Waals surface area contributed by atoms with Crippen LogP contribution in [0.25, 0.3) is 11.1 Å². The number of rotatable bonds is 10. The van der Waals surface area contributed by atoms with E-state index in [0.29, 0.717) is 12.0 Å². The fraction of sp³-hybridized carbons (Fsp3) is 0.300. The van der Waals surface area contributed by atoms with E-state index >= 15 is 0 Å². The molecule has 0 fully saturated rings. The average molecular weight is 517 g/mol. The van der Waals surface area contributed by atoms with E-state index in [9.17, 15) is 24.6 Å². The summed E-state index contributed by atoms with van der Waals surface area (Å²) in [6, 6.07) is 19.9. The quantitative estimate of drug-likeness (QED) is 0.315. The maximum absolute atomic E-state index is 13.1. The number of hydrogen-bond acceptors (Lipinski definition) is 5. The molecule has 0 heterocycles. The van der Waals surface area contributed by atoms with Crippen LogP contribution < -0.4 is 10.6 Å². The highest BCUT2D eigenvalue weighted by atomic mass is 16.5. The number of carbonyl (C=O) groups excluding carboxylic acids is 2. The molecule has 4 rings (SSSR count). The zero-order valence-electron chi connectivity index (χ0n) is 21.4. The Labute approximate surface area is 221 Å². The van der Waals surface area contributed by atoms with Gasteiger partial charge in [-0.25, -0.2) is 9.59 Å². The van der Waals surface area contributed by atoms with Crippen LogP contribution in [0, 0.1) is 5.92 Å². The number of ether oxygens (including phenoxy) is 1. The minimum Gasteiger partial charge on any atom is -0.508 e. The Hall–Kier alpha value is -4.33. The van der Waals surface area contributed by atoms with Gasteiger partial charge in [-0.2, -0.15) is 0 Å². The molecule has 0 spiro atoms.